The summed E-state index contributed by atoms with van der Waals surface area (Å²) in [4.78, 5) is 15.3. The molecule has 4 nitrogen and oxygen atoms in total. The minimum absolute atomic E-state index is 0.0578. The van der Waals surface area contributed by atoms with Gasteiger partial charge in [-0.2, -0.15) is 0 Å². The molecule has 19 heavy (non-hydrogen) atoms. The number of aromatic nitrogens is 1. The van der Waals surface area contributed by atoms with Gasteiger partial charge in [0.15, 0.2) is 0 Å². The topological polar surface area (TPSA) is 51.2 Å². The SMILES string of the molecule is CCCCC.CNC(=O)c1ccnc(OC(C)C)c1. The first kappa shape index (κ1) is 17.4. The third-order valence-corrected chi connectivity index (χ3v) is 2.29. The van der Waals surface area contributed by atoms with Gasteiger partial charge in [-0.1, -0.05) is 33.1 Å². The van der Waals surface area contributed by atoms with Gasteiger partial charge in [0.1, 0.15) is 0 Å². The van der Waals surface area contributed by atoms with Crippen molar-refractivity contribution in [2.75, 3.05) is 7.05 Å². The van der Waals surface area contributed by atoms with Crippen molar-refractivity contribution < 1.29 is 9.53 Å². The van der Waals surface area contributed by atoms with Gasteiger partial charge in [0.2, 0.25) is 5.88 Å². The van der Waals surface area contributed by atoms with Crippen molar-refractivity contribution >= 4 is 5.91 Å². The van der Waals surface area contributed by atoms with Gasteiger partial charge in [0.05, 0.1) is 6.10 Å². The van der Waals surface area contributed by atoms with Crippen LogP contribution in [0.15, 0.2) is 18.3 Å². The summed E-state index contributed by atoms with van der Waals surface area (Å²) < 4.78 is 5.36. The number of hydrogen-bond acceptors (Lipinski definition) is 3. The number of carbonyl (C=O) groups is 1. The molecule has 0 aliphatic rings. The van der Waals surface area contributed by atoms with Crippen LogP contribution in [0.1, 0.15) is 57.3 Å². The highest BCUT2D eigenvalue weighted by atomic mass is 16.5. The van der Waals surface area contributed by atoms with Gasteiger partial charge in [0, 0.05) is 24.9 Å². The first-order chi connectivity index (χ1) is 9.04. The number of unbranched alkanes of at least 4 members (excludes halogenated alkanes) is 2. The van der Waals surface area contributed by atoms with Crippen LogP contribution >= 0.6 is 0 Å². The third-order valence-electron chi connectivity index (χ3n) is 2.29. The van der Waals surface area contributed by atoms with Crippen LogP contribution < -0.4 is 10.1 Å². The molecule has 4 heteroatoms. The average molecular weight is 266 g/mol. The molecular weight excluding hydrogens is 240 g/mol. The Bertz CT molecular complexity index is 363. The summed E-state index contributed by atoms with van der Waals surface area (Å²) in [7, 11) is 1.59. The lowest BCUT2D eigenvalue weighted by Gasteiger charge is -2.08. The number of ether oxygens (including phenoxy) is 1. The first-order valence-electron chi connectivity index (χ1n) is 6.89. The zero-order valence-corrected chi connectivity index (χ0v) is 12.7. The molecule has 0 spiro atoms. The molecule has 108 valence electrons. The molecule has 1 aromatic rings. The monoisotopic (exact) mass is 266 g/mol. The number of pyridine rings is 1. The zero-order valence-electron chi connectivity index (χ0n) is 12.7. The van der Waals surface area contributed by atoms with E-state index in [-0.39, 0.29) is 12.0 Å². The van der Waals surface area contributed by atoms with Crippen molar-refractivity contribution in [2.45, 2.75) is 53.1 Å². The third kappa shape index (κ3) is 8.19. The van der Waals surface area contributed by atoms with Crippen LogP contribution in [0.3, 0.4) is 0 Å². The molecular formula is C15H26N2O2. The molecule has 1 rings (SSSR count). The van der Waals surface area contributed by atoms with Crippen LogP contribution in [0.4, 0.5) is 0 Å². The van der Waals surface area contributed by atoms with Crippen molar-refractivity contribution in [3.05, 3.63) is 23.9 Å². The maximum absolute atomic E-state index is 11.3. The largest absolute Gasteiger partial charge is 0.475 e. The first-order valence-corrected chi connectivity index (χ1v) is 6.89. The van der Waals surface area contributed by atoms with Gasteiger partial charge < -0.3 is 10.1 Å². The van der Waals surface area contributed by atoms with Crippen molar-refractivity contribution in [3.8, 4) is 5.88 Å². The predicted molar refractivity (Wildman–Crippen MR) is 78.6 cm³/mol. The number of amides is 1. The molecule has 0 bridgehead atoms. The highest BCUT2D eigenvalue weighted by molar-refractivity contribution is 5.94. The van der Waals surface area contributed by atoms with E-state index in [9.17, 15) is 4.79 Å². The molecule has 1 heterocycles. The maximum Gasteiger partial charge on any atom is 0.251 e. The number of nitrogens with zero attached hydrogens (tertiary/aromatic N) is 1. The molecule has 1 N–H and O–H groups in total. The van der Waals surface area contributed by atoms with Crippen molar-refractivity contribution in [3.63, 3.8) is 0 Å². The Morgan fingerprint density at radius 3 is 2.42 bits per heavy atom. The molecule has 0 fully saturated rings. The molecule has 0 aliphatic carbocycles. The van der Waals surface area contributed by atoms with E-state index < -0.39 is 0 Å². The second kappa shape index (κ2) is 10.4. The predicted octanol–water partition coefficient (Wildman–Crippen LogP) is 3.42. The Hall–Kier alpha value is -1.58. The molecule has 0 aromatic carbocycles. The fourth-order valence-electron chi connectivity index (χ4n) is 1.35. The summed E-state index contributed by atoms with van der Waals surface area (Å²) in [6.07, 6.45) is 5.69. The Morgan fingerprint density at radius 2 is 2.00 bits per heavy atom. The number of rotatable bonds is 5. The van der Waals surface area contributed by atoms with Crippen molar-refractivity contribution in [1.82, 2.24) is 10.3 Å². The van der Waals surface area contributed by atoms with Crippen molar-refractivity contribution in [2.24, 2.45) is 0 Å². The van der Waals surface area contributed by atoms with E-state index >= 15 is 0 Å². The quantitative estimate of drug-likeness (QED) is 0.888. The minimum atomic E-state index is -0.138. The van der Waals surface area contributed by atoms with Crippen LogP contribution in [0.2, 0.25) is 0 Å². The highest BCUT2D eigenvalue weighted by Crippen LogP contribution is 2.10. The molecule has 1 aromatic heterocycles. The van der Waals surface area contributed by atoms with Gasteiger partial charge in [-0.3, -0.25) is 4.79 Å². The maximum atomic E-state index is 11.3. The Balaban J connectivity index is 0.000000555. The summed E-state index contributed by atoms with van der Waals surface area (Å²) in [6.45, 7) is 8.25. The average Bonchev–Trinajstić information content (AvgIpc) is 2.39. The molecule has 0 radical (unpaired) electrons. The summed E-state index contributed by atoms with van der Waals surface area (Å²) in [5, 5.41) is 2.54. The highest BCUT2D eigenvalue weighted by Gasteiger charge is 2.05. The van der Waals surface area contributed by atoms with Gasteiger partial charge in [-0.25, -0.2) is 4.98 Å². The summed E-state index contributed by atoms with van der Waals surface area (Å²) >= 11 is 0. The molecule has 0 atom stereocenters. The molecule has 0 aliphatic heterocycles. The molecule has 0 unspecified atom stereocenters. The van der Waals surface area contributed by atoms with Crippen molar-refractivity contribution in [1.29, 1.82) is 0 Å². The Kier molecular flexibility index (Phi) is 9.49. The smallest absolute Gasteiger partial charge is 0.251 e. The molecule has 0 saturated carbocycles. The van der Waals surface area contributed by atoms with Gasteiger partial charge in [-0.15, -0.1) is 0 Å². The molecule has 0 saturated heterocycles. The number of carbonyl (C=O) groups excluding carboxylic acids is 1. The lowest BCUT2D eigenvalue weighted by molar-refractivity contribution is 0.0962. The van der Waals surface area contributed by atoms with Gasteiger partial charge >= 0.3 is 0 Å². The van der Waals surface area contributed by atoms with Gasteiger partial charge in [0.25, 0.3) is 5.91 Å². The zero-order chi connectivity index (χ0) is 14.7. The number of nitrogens with one attached hydrogen (secondary N) is 1. The lowest BCUT2D eigenvalue weighted by atomic mass is 10.2. The normalized spacial score (nSPS) is 9.58. The standard InChI is InChI=1S/C10H14N2O2.C5H12/c1-7(2)14-9-6-8(4-5-12-9)10(13)11-3;1-3-5-4-2/h4-7H,1-3H3,(H,11,13);3-5H2,1-2H3. The summed E-state index contributed by atoms with van der Waals surface area (Å²) in [5.74, 6) is 0.335. The summed E-state index contributed by atoms with van der Waals surface area (Å²) in [5.41, 5.74) is 0.554. The van der Waals surface area contributed by atoms with E-state index in [1.165, 1.54) is 19.3 Å². The minimum Gasteiger partial charge on any atom is -0.475 e. The van der Waals surface area contributed by atoms with E-state index in [2.05, 4.69) is 24.1 Å². The van der Waals surface area contributed by atoms with Crippen LogP contribution in [0.25, 0.3) is 0 Å². The van der Waals surface area contributed by atoms with E-state index in [4.69, 9.17) is 4.74 Å². The van der Waals surface area contributed by atoms with Crippen LogP contribution in [-0.2, 0) is 0 Å². The van der Waals surface area contributed by atoms with Crippen LogP contribution in [0.5, 0.6) is 5.88 Å². The Morgan fingerprint density at radius 1 is 1.37 bits per heavy atom. The van der Waals surface area contributed by atoms with Crippen LogP contribution in [0, 0.1) is 0 Å². The lowest BCUT2D eigenvalue weighted by Crippen LogP contribution is -2.18. The van der Waals surface area contributed by atoms with E-state index in [1.807, 2.05) is 13.8 Å². The van der Waals surface area contributed by atoms with Crippen LogP contribution in [-0.4, -0.2) is 24.0 Å². The summed E-state index contributed by atoms with van der Waals surface area (Å²) in [6, 6.07) is 3.27. The van der Waals surface area contributed by atoms with Gasteiger partial charge in [-0.05, 0) is 19.9 Å². The fraction of sp³-hybridized carbons (Fsp3) is 0.600. The second-order valence-electron chi connectivity index (χ2n) is 4.48. The fourth-order valence-corrected chi connectivity index (χ4v) is 1.35. The number of hydrogen-bond donors (Lipinski definition) is 1. The Labute approximate surface area is 116 Å². The second-order valence-corrected chi connectivity index (χ2v) is 4.48. The van der Waals surface area contributed by atoms with E-state index in [1.54, 1.807) is 25.4 Å². The van der Waals surface area contributed by atoms with E-state index in [0.717, 1.165) is 0 Å². The van der Waals surface area contributed by atoms with E-state index in [0.29, 0.717) is 11.4 Å². The molecule has 1 amide bonds.